The predicted molar refractivity (Wildman–Crippen MR) is 139 cm³/mol. The Morgan fingerprint density at radius 2 is 1.62 bits per heavy atom. The summed E-state index contributed by atoms with van der Waals surface area (Å²) in [6, 6.07) is 13.8. The number of imidazole rings is 1. The number of carbonyl (C=O) groups excluding carboxylic acids is 2. The predicted octanol–water partition coefficient (Wildman–Crippen LogP) is 3.85. The molecule has 0 aliphatic carbocycles. The second kappa shape index (κ2) is 10.6. The zero-order valence-electron chi connectivity index (χ0n) is 21.3. The van der Waals surface area contributed by atoms with E-state index in [9.17, 15) is 9.59 Å². The number of hydrogen-bond donors (Lipinski definition) is 0. The third kappa shape index (κ3) is 5.00. The van der Waals surface area contributed by atoms with Gasteiger partial charge in [0.2, 0.25) is 0 Å². The molecule has 3 heterocycles. The molecule has 1 aromatic heterocycles. The van der Waals surface area contributed by atoms with Crippen LogP contribution in [-0.4, -0.2) is 70.6 Å². The van der Waals surface area contributed by atoms with Gasteiger partial charge in [0.1, 0.15) is 5.69 Å². The average molecular weight is 498 g/mol. The minimum absolute atomic E-state index is 0.0122. The van der Waals surface area contributed by atoms with E-state index >= 15 is 0 Å². The molecule has 5 rings (SSSR count). The number of nitriles is 1. The first kappa shape index (κ1) is 24.7. The summed E-state index contributed by atoms with van der Waals surface area (Å²) in [5.74, 6) is 0.308. The van der Waals surface area contributed by atoms with E-state index in [-0.39, 0.29) is 11.8 Å². The molecular formula is C29H31N5O3. The first-order chi connectivity index (χ1) is 18.0. The van der Waals surface area contributed by atoms with Gasteiger partial charge < -0.3 is 14.5 Å². The fourth-order valence-electron chi connectivity index (χ4n) is 5.32. The first-order valence-corrected chi connectivity index (χ1v) is 12.8. The fourth-order valence-corrected chi connectivity index (χ4v) is 5.32. The molecule has 0 spiro atoms. The minimum Gasteiger partial charge on any atom is -0.378 e. The molecule has 2 aliphatic heterocycles. The Hall–Kier alpha value is -3.96. The number of nitrogens with zero attached hydrogens (tertiary/aromatic N) is 5. The Balaban J connectivity index is 1.35. The Bertz CT molecular complexity index is 1340. The van der Waals surface area contributed by atoms with Crippen molar-refractivity contribution in [2.75, 3.05) is 39.4 Å². The van der Waals surface area contributed by atoms with Crippen LogP contribution in [0.5, 0.6) is 0 Å². The van der Waals surface area contributed by atoms with Crippen LogP contribution in [0.15, 0.2) is 48.9 Å². The summed E-state index contributed by atoms with van der Waals surface area (Å²) in [5, 5.41) is 9.04. The maximum atomic E-state index is 13.6. The Kier molecular flexibility index (Phi) is 7.06. The van der Waals surface area contributed by atoms with Gasteiger partial charge >= 0.3 is 0 Å². The summed E-state index contributed by atoms with van der Waals surface area (Å²) in [5.41, 5.74) is 5.69. The van der Waals surface area contributed by atoms with E-state index in [0.717, 1.165) is 29.7 Å². The zero-order chi connectivity index (χ0) is 25.9. The molecule has 0 radical (unpaired) electrons. The lowest BCUT2D eigenvalue weighted by Gasteiger charge is -2.33. The molecule has 0 saturated carbocycles. The van der Waals surface area contributed by atoms with Crippen LogP contribution in [0.25, 0.3) is 5.69 Å². The summed E-state index contributed by atoms with van der Waals surface area (Å²) in [4.78, 5) is 34.8. The van der Waals surface area contributed by atoms with Crippen molar-refractivity contribution in [3.8, 4) is 11.8 Å². The highest BCUT2D eigenvalue weighted by molar-refractivity contribution is 5.97. The topological polar surface area (TPSA) is 91.5 Å². The number of ether oxygens (including phenoxy) is 1. The van der Waals surface area contributed by atoms with Crippen LogP contribution >= 0.6 is 0 Å². The van der Waals surface area contributed by atoms with Gasteiger partial charge in [-0.1, -0.05) is 18.2 Å². The molecule has 190 valence electrons. The lowest BCUT2D eigenvalue weighted by Crippen LogP contribution is -2.41. The minimum atomic E-state index is -0.0847. The van der Waals surface area contributed by atoms with Crippen molar-refractivity contribution in [3.63, 3.8) is 0 Å². The van der Waals surface area contributed by atoms with Crippen LogP contribution < -0.4 is 0 Å². The number of aromatic nitrogens is 2. The van der Waals surface area contributed by atoms with Crippen LogP contribution in [0.2, 0.25) is 0 Å². The first-order valence-electron chi connectivity index (χ1n) is 12.8. The van der Waals surface area contributed by atoms with Gasteiger partial charge in [-0.05, 0) is 67.5 Å². The summed E-state index contributed by atoms with van der Waals surface area (Å²) in [7, 11) is 0. The fraction of sp³-hybridized carbons (Fsp3) is 0.379. The summed E-state index contributed by atoms with van der Waals surface area (Å²) in [6.45, 7) is 7.48. The normalized spacial score (nSPS) is 16.5. The van der Waals surface area contributed by atoms with Gasteiger partial charge in [0, 0.05) is 31.7 Å². The molecule has 3 aromatic rings. The van der Waals surface area contributed by atoms with Gasteiger partial charge in [0.25, 0.3) is 11.8 Å². The number of aryl methyl sites for hydroxylation is 2. The van der Waals surface area contributed by atoms with Crippen LogP contribution in [0.1, 0.15) is 61.9 Å². The molecule has 2 amide bonds. The molecule has 2 saturated heterocycles. The van der Waals surface area contributed by atoms with E-state index in [4.69, 9.17) is 10.00 Å². The molecule has 0 atom stereocenters. The Morgan fingerprint density at radius 3 is 2.30 bits per heavy atom. The van der Waals surface area contributed by atoms with Gasteiger partial charge in [0.15, 0.2) is 0 Å². The SMILES string of the molecule is Cc1cc(C)c(-n2cncc2C(=O)N2CCOCC2)cc1C(=O)N1CCC(c2ccc(C#N)cc2)CC1. The number of rotatable bonds is 4. The lowest BCUT2D eigenvalue weighted by molar-refractivity contribution is 0.0297. The molecule has 2 fully saturated rings. The van der Waals surface area contributed by atoms with Gasteiger partial charge in [-0.25, -0.2) is 4.98 Å². The van der Waals surface area contributed by atoms with E-state index in [1.807, 2.05) is 55.1 Å². The van der Waals surface area contributed by atoms with E-state index in [1.54, 1.807) is 22.0 Å². The summed E-state index contributed by atoms with van der Waals surface area (Å²) < 4.78 is 7.18. The summed E-state index contributed by atoms with van der Waals surface area (Å²) >= 11 is 0. The monoisotopic (exact) mass is 497 g/mol. The van der Waals surface area contributed by atoms with Crippen molar-refractivity contribution in [1.29, 1.82) is 5.26 Å². The van der Waals surface area contributed by atoms with Crippen LogP contribution in [0, 0.1) is 25.2 Å². The Morgan fingerprint density at radius 1 is 0.946 bits per heavy atom. The standard InChI is InChI=1S/C29H31N5O3/c1-20-15-21(2)26(34-19-31-18-27(34)29(36)33-11-13-37-14-12-33)16-25(20)28(35)32-9-7-24(8-10-32)23-5-3-22(17-30)4-6-23/h3-6,15-16,18-19,24H,7-14H2,1-2H3. The summed E-state index contributed by atoms with van der Waals surface area (Å²) in [6.07, 6.45) is 5.00. The average Bonchev–Trinajstić information content (AvgIpc) is 3.43. The molecule has 8 heteroatoms. The molecule has 0 bridgehead atoms. The number of piperidine rings is 1. The van der Waals surface area contributed by atoms with Crippen molar-refractivity contribution < 1.29 is 14.3 Å². The molecule has 8 nitrogen and oxygen atoms in total. The van der Waals surface area contributed by atoms with E-state index in [2.05, 4.69) is 11.1 Å². The van der Waals surface area contributed by atoms with Crippen LogP contribution in [0.3, 0.4) is 0 Å². The van der Waals surface area contributed by atoms with Gasteiger partial charge in [-0.2, -0.15) is 5.26 Å². The van der Waals surface area contributed by atoms with Gasteiger partial charge in [0.05, 0.1) is 43.1 Å². The van der Waals surface area contributed by atoms with Crippen molar-refractivity contribution in [3.05, 3.63) is 82.4 Å². The zero-order valence-corrected chi connectivity index (χ0v) is 21.3. The molecule has 0 unspecified atom stereocenters. The molecule has 2 aliphatic rings. The molecular weight excluding hydrogens is 466 g/mol. The molecule has 2 aromatic carbocycles. The van der Waals surface area contributed by atoms with Gasteiger partial charge in [-0.3, -0.25) is 14.2 Å². The third-order valence-corrected chi connectivity index (χ3v) is 7.48. The molecule has 37 heavy (non-hydrogen) atoms. The van der Waals surface area contributed by atoms with Crippen LogP contribution in [0.4, 0.5) is 0 Å². The van der Waals surface area contributed by atoms with Crippen molar-refractivity contribution in [2.24, 2.45) is 0 Å². The number of hydrogen-bond acceptors (Lipinski definition) is 5. The van der Waals surface area contributed by atoms with E-state index in [0.29, 0.717) is 62.1 Å². The largest absolute Gasteiger partial charge is 0.378 e. The van der Waals surface area contributed by atoms with Crippen molar-refractivity contribution >= 4 is 11.8 Å². The highest BCUT2D eigenvalue weighted by atomic mass is 16.5. The number of amides is 2. The smallest absolute Gasteiger partial charge is 0.272 e. The molecule has 0 N–H and O–H groups in total. The second-order valence-corrected chi connectivity index (χ2v) is 9.81. The highest BCUT2D eigenvalue weighted by Gasteiger charge is 2.27. The quantitative estimate of drug-likeness (QED) is 0.546. The number of benzene rings is 2. The number of carbonyl (C=O) groups is 2. The van der Waals surface area contributed by atoms with Gasteiger partial charge in [-0.15, -0.1) is 0 Å². The third-order valence-electron chi connectivity index (χ3n) is 7.48. The van der Waals surface area contributed by atoms with E-state index < -0.39 is 0 Å². The number of likely N-dealkylation sites (tertiary alicyclic amines) is 1. The maximum Gasteiger partial charge on any atom is 0.272 e. The lowest BCUT2D eigenvalue weighted by atomic mass is 9.88. The maximum absolute atomic E-state index is 13.6. The van der Waals surface area contributed by atoms with Crippen molar-refractivity contribution in [2.45, 2.75) is 32.6 Å². The second-order valence-electron chi connectivity index (χ2n) is 9.81. The van der Waals surface area contributed by atoms with E-state index in [1.165, 1.54) is 5.56 Å². The highest BCUT2D eigenvalue weighted by Crippen LogP contribution is 2.30. The van der Waals surface area contributed by atoms with Crippen molar-refractivity contribution in [1.82, 2.24) is 19.4 Å². The van der Waals surface area contributed by atoms with Crippen LogP contribution in [-0.2, 0) is 4.74 Å². The Labute approximate surface area is 217 Å². The number of morpholine rings is 1.